The predicted molar refractivity (Wildman–Crippen MR) is 73.2 cm³/mol. The molecule has 1 saturated carbocycles. The maximum Gasteiger partial charge on any atom is 0.0213 e. The zero-order chi connectivity index (χ0) is 12.1. The van der Waals surface area contributed by atoms with Crippen molar-refractivity contribution in [3.8, 4) is 0 Å². The lowest BCUT2D eigenvalue weighted by Crippen LogP contribution is -2.47. The molecule has 0 radical (unpaired) electrons. The van der Waals surface area contributed by atoms with Crippen molar-refractivity contribution in [1.29, 1.82) is 0 Å². The lowest BCUT2D eigenvalue weighted by Gasteiger charge is -2.39. The third-order valence-electron chi connectivity index (χ3n) is 3.93. The van der Waals surface area contributed by atoms with Crippen LogP contribution in [0.1, 0.15) is 37.3 Å². The molecule has 0 atom stereocenters. The van der Waals surface area contributed by atoms with Crippen molar-refractivity contribution in [1.82, 2.24) is 10.6 Å². The number of rotatable bonds is 6. The summed E-state index contributed by atoms with van der Waals surface area (Å²) in [5, 5.41) is 6.93. The molecule has 0 bridgehead atoms. The maximum absolute atomic E-state index is 3.71. The average Bonchev–Trinajstić information content (AvgIpc) is 2.32. The van der Waals surface area contributed by atoms with Crippen molar-refractivity contribution in [3.05, 3.63) is 35.4 Å². The first-order valence-electron chi connectivity index (χ1n) is 6.70. The average molecular weight is 232 g/mol. The number of likely N-dealkylation sites (N-methyl/N-ethyl adjacent to an activating group) is 1. The monoisotopic (exact) mass is 232 g/mol. The number of benzene rings is 1. The minimum absolute atomic E-state index is 0.399. The molecule has 1 aromatic carbocycles. The van der Waals surface area contributed by atoms with Gasteiger partial charge in [-0.3, -0.25) is 0 Å². The third kappa shape index (κ3) is 3.30. The van der Waals surface area contributed by atoms with E-state index in [0.717, 1.165) is 19.5 Å². The normalized spacial score (nSPS) is 17.8. The zero-order valence-corrected chi connectivity index (χ0v) is 11.1. The quantitative estimate of drug-likeness (QED) is 0.787. The molecule has 2 heteroatoms. The molecule has 0 saturated heterocycles. The van der Waals surface area contributed by atoms with E-state index in [0.29, 0.717) is 5.54 Å². The first-order valence-corrected chi connectivity index (χ1v) is 6.70. The second-order valence-corrected chi connectivity index (χ2v) is 5.39. The Labute approximate surface area is 105 Å². The first kappa shape index (κ1) is 12.6. The molecule has 0 aromatic heterocycles. The van der Waals surface area contributed by atoms with Crippen LogP contribution in [0, 0.1) is 0 Å². The molecular formula is C15H24N2. The van der Waals surface area contributed by atoms with Gasteiger partial charge in [0.2, 0.25) is 0 Å². The van der Waals surface area contributed by atoms with E-state index < -0.39 is 0 Å². The van der Waals surface area contributed by atoms with Crippen LogP contribution in [0.15, 0.2) is 24.3 Å². The second-order valence-electron chi connectivity index (χ2n) is 5.39. The number of hydrogen-bond acceptors (Lipinski definition) is 2. The third-order valence-corrected chi connectivity index (χ3v) is 3.93. The molecule has 1 fully saturated rings. The van der Waals surface area contributed by atoms with Crippen molar-refractivity contribution in [3.63, 3.8) is 0 Å². The van der Waals surface area contributed by atoms with Gasteiger partial charge in [-0.05, 0) is 57.3 Å². The molecule has 0 aliphatic heterocycles. The Morgan fingerprint density at radius 3 is 2.47 bits per heavy atom. The maximum atomic E-state index is 3.71. The van der Waals surface area contributed by atoms with E-state index in [9.17, 15) is 0 Å². The van der Waals surface area contributed by atoms with Gasteiger partial charge >= 0.3 is 0 Å². The van der Waals surface area contributed by atoms with Gasteiger partial charge in [0, 0.05) is 12.1 Å². The van der Waals surface area contributed by atoms with Gasteiger partial charge in [-0.15, -0.1) is 0 Å². The largest absolute Gasteiger partial charge is 0.319 e. The molecule has 0 amide bonds. The fourth-order valence-corrected chi connectivity index (χ4v) is 2.43. The van der Waals surface area contributed by atoms with Crippen LogP contribution in [0.3, 0.4) is 0 Å². The molecule has 94 valence electrons. The molecule has 0 unspecified atom stereocenters. The molecule has 1 aliphatic rings. The van der Waals surface area contributed by atoms with E-state index in [1.54, 1.807) is 0 Å². The van der Waals surface area contributed by atoms with Crippen LogP contribution in [0.25, 0.3) is 0 Å². The standard InChI is InChI=1S/C15H24N2/c1-15(9-5-10-15)17-12-14-7-4-3-6-13(14)8-11-16-2/h3-4,6-7,16-17H,5,8-12H2,1-2H3. The summed E-state index contributed by atoms with van der Waals surface area (Å²) in [5.41, 5.74) is 3.32. The summed E-state index contributed by atoms with van der Waals surface area (Å²) in [5.74, 6) is 0. The molecule has 2 nitrogen and oxygen atoms in total. The van der Waals surface area contributed by atoms with E-state index in [-0.39, 0.29) is 0 Å². The molecule has 17 heavy (non-hydrogen) atoms. The summed E-state index contributed by atoms with van der Waals surface area (Å²) in [7, 11) is 2.01. The van der Waals surface area contributed by atoms with Gasteiger partial charge in [-0.1, -0.05) is 24.3 Å². The lowest BCUT2D eigenvalue weighted by molar-refractivity contribution is 0.206. The fraction of sp³-hybridized carbons (Fsp3) is 0.600. The van der Waals surface area contributed by atoms with Crippen LogP contribution in [0.2, 0.25) is 0 Å². The Hall–Kier alpha value is -0.860. The second kappa shape index (κ2) is 5.65. The van der Waals surface area contributed by atoms with Gasteiger partial charge in [-0.2, -0.15) is 0 Å². The summed E-state index contributed by atoms with van der Waals surface area (Å²) < 4.78 is 0. The fourth-order valence-electron chi connectivity index (χ4n) is 2.43. The molecule has 2 N–H and O–H groups in total. The van der Waals surface area contributed by atoms with Crippen LogP contribution in [-0.2, 0) is 13.0 Å². The summed E-state index contributed by atoms with van der Waals surface area (Å²) >= 11 is 0. The minimum atomic E-state index is 0.399. The van der Waals surface area contributed by atoms with Gasteiger partial charge in [0.15, 0.2) is 0 Å². The van der Waals surface area contributed by atoms with Crippen molar-refractivity contribution in [2.45, 2.75) is 44.7 Å². The van der Waals surface area contributed by atoms with Crippen LogP contribution in [-0.4, -0.2) is 19.1 Å². The molecule has 1 aliphatic carbocycles. The summed E-state index contributed by atoms with van der Waals surface area (Å²) in [6, 6.07) is 8.78. The Kier molecular flexibility index (Phi) is 4.19. The van der Waals surface area contributed by atoms with Crippen molar-refractivity contribution in [2.24, 2.45) is 0 Å². The Balaban J connectivity index is 1.94. The van der Waals surface area contributed by atoms with Crippen LogP contribution < -0.4 is 10.6 Å². The van der Waals surface area contributed by atoms with E-state index in [4.69, 9.17) is 0 Å². The molecule has 1 aromatic rings. The van der Waals surface area contributed by atoms with E-state index in [1.165, 1.54) is 30.4 Å². The molecular weight excluding hydrogens is 208 g/mol. The smallest absolute Gasteiger partial charge is 0.0213 e. The van der Waals surface area contributed by atoms with Crippen LogP contribution >= 0.6 is 0 Å². The molecule has 0 heterocycles. The highest BCUT2D eigenvalue weighted by atomic mass is 15.0. The predicted octanol–water partition coefficient (Wildman–Crippen LogP) is 2.48. The van der Waals surface area contributed by atoms with Crippen LogP contribution in [0.4, 0.5) is 0 Å². The highest BCUT2D eigenvalue weighted by Gasteiger charge is 2.30. The van der Waals surface area contributed by atoms with Gasteiger partial charge in [0.25, 0.3) is 0 Å². The van der Waals surface area contributed by atoms with Crippen molar-refractivity contribution < 1.29 is 0 Å². The Bertz CT molecular complexity index is 356. The Morgan fingerprint density at radius 2 is 1.88 bits per heavy atom. The van der Waals surface area contributed by atoms with E-state index >= 15 is 0 Å². The minimum Gasteiger partial charge on any atom is -0.319 e. The summed E-state index contributed by atoms with van der Waals surface area (Å²) in [6.07, 6.45) is 5.15. The van der Waals surface area contributed by atoms with Crippen LogP contribution in [0.5, 0.6) is 0 Å². The van der Waals surface area contributed by atoms with E-state index in [2.05, 4.69) is 41.8 Å². The van der Waals surface area contributed by atoms with Crippen molar-refractivity contribution >= 4 is 0 Å². The number of nitrogens with one attached hydrogen (secondary N) is 2. The van der Waals surface area contributed by atoms with Crippen molar-refractivity contribution in [2.75, 3.05) is 13.6 Å². The molecule has 2 rings (SSSR count). The van der Waals surface area contributed by atoms with Gasteiger partial charge in [0.05, 0.1) is 0 Å². The summed E-state index contributed by atoms with van der Waals surface area (Å²) in [4.78, 5) is 0. The topological polar surface area (TPSA) is 24.1 Å². The summed E-state index contributed by atoms with van der Waals surface area (Å²) in [6.45, 7) is 4.40. The van der Waals surface area contributed by atoms with Gasteiger partial charge in [0.1, 0.15) is 0 Å². The highest BCUT2D eigenvalue weighted by Crippen LogP contribution is 2.31. The number of hydrogen-bond donors (Lipinski definition) is 2. The highest BCUT2D eigenvalue weighted by molar-refractivity contribution is 5.27. The Morgan fingerprint density at radius 1 is 1.18 bits per heavy atom. The van der Waals surface area contributed by atoms with Gasteiger partial charge in [-0.25, -0.2) is 0 Å². The molecule has 0 spiro atoms. The lowest BCUT2D eigenvalue weighted by atomic mass is 9.78. The SMILES string of the molecule is CNCCc1ccccc1CNC1(C)CCC1. The van der Waals surface area contributed by atoms with E-state index in [1.807, 2.05) is 7.05 Å². The first-order chi connectivity index (χ1) is 8.23. The zero-order valence-electron chi connectivity index (χ0n) is 11.1. The van der Waals surface area contributed by atoms with Gasteiger partial charge < -0.3 is 10.6 Å².